The highest BCUT2D eigenvalue weighted by molar-refractivity contribution is 7.89. The first-order valence-electron chi connectivity index (χ1n) is 8.12. The van der Waals surface area contributed by atoms with Gasteiger partial charge in [0.05, 0.1) is 28.7 Å². The number of sulfone groups is 1. The highest BCUT2D eigenvalue weighted by Gasteiger charge is 2.15. The van der Waals surface area contributed by atoms with E-state index >= 15 is 0 Å². The third-order valence-corrected chi connectivity index (χ3v) is 5.11. The molecular weight excluding hydrogens is 384 g/mol. The fourth-order valence-corrected chi connectivity index (χ4v) is 3.71. The highest BCUT2D eigenvalue weighted by atomic mass is 35.5. The van der Waals surface area contributed by atoms with Gasteiger partial charge in [0.2, 0.25) is 0 Å². The van der Waals surface area contributed by atoms with Gasteiger partial charge >= 0.3 is 0 Å². The van der Waals surface area contributed by atoms with Gasteiger partial charge in [-0.25, -0.2) is 13.4 Å². The Morgan fingerprint density at radius 3 is 2.48 bits per heavy atom. The summed E-state index contributed by atoms with van der Waals surface area (Å²) in [7, 11) is -3.13. The van der Waals surface area contributed by atoms with Crippen LogP contribution < -0.4 is 0 Å². The third kappa shape index (κ3) is 3.70. The monoisotopic (exact) mass is 398 g/mol. The minimum absolute atomic E-state index is 0.0925. The summed E-state index contributed by atoms with van der Waals surface area (Å²) in [6, 6.07) is 12.8. The zero-order valence-electron chi connectivity index (χ0n) is 14.4. The van der Waals surface area contributed by atoms with E-state index in [2.05, 4.69) is 9.97 Å². The molecule has 0 spiro atoms. The van der Waals surface area contributed by atoms with Gasteiger partial charge in [0.1, 0.15) is 5.82 Å². The van der Waals surface area contributed by atoms with E-state index in [1.165, 1.54) is 6.26 Å². The molecule has 8 heteroatoms. The zero-order chi connectivity index (χ0) is 19.0. The molecule has 1 aromatic carbocycles. The summed E-state index contributed by atoms with van der Waals surface area (Å²) < 4.78 is 24.9. The molecule has 3 aromatic heterocycles. The SMILES string of the molecule is CS(=O)(=O)Cc1ccc(-c2nc3ccncc3n2-c2ccc(Cl)cc2)cn1. The second kappa shape index (κ2) is 6.75. The predicted octanol–water partition coefficient (Wildman–Crippen LogP) is 3.68. The summed E-state index contributed by atoms with van der Waals surface area (Å²) in [5.41, 5.74) is 3.82. The van der Waals surface area contributed by atoms with E-state index in [4.69, 9.17) is 16.6 Å². The first kappa shape index (κ1) is 17.6. The van der Waals surface area contributed by atoms with Crippen molar-refractivity contribution in [2.45, 2.75) is 5.75 Å². The van der Waals surface area contributed by atoms with Gasteiger partial charge in [0.25, 0.3) is 0 Å². The van der Waals surface area contributed by atoms with E-state index in [-0.39, 0.29) is 5.75 Å². The molecule has 3 heterocycles. The maximum atomic E-state index is 11.5. The fraction of sp³-hybridized carbons (Fsp3) is 0.105. The van der Waals surface area contributed by atoms with Crippen LogP contribution in [0.3, 0.4) is 0 Å². The van der Waals surface area contributed by atoms with Crippen LogP contribution in [0.2, 0.25) is 5.02 Å². The standard InChI is InChI=1S/C19H15ClN4O2S/c1-27(25,26)12-15-5-2-13(10-22-15)19-23-17-8-9-21-11-18(17)24(19)16-6-3-14(20)4-7-16/h2-11H,12H2,1H3. The number of hydrogen-bond acceptors (Lipinski definition) is 5. The molecule has 0 atom stereocenters. The Bertz CT molecular complexity index is 1220. The number of hydrogen-bond donors (Lipinski definition) is 0. The fourth-order valence-electron chi connectivity index (χ4n) is 2.88. The van der Waals surface area contributed by atoms with Crippen molar-refractivity contribution in [2.75, 3.05) is 6.26 Å². The molecule has 0 saturated carbocycles. The maximum absolute atomic E-state index is 11.5. The van der Waals surface area contributed by atoms with E-state index in [1.807, 2.05) is 41.0 Å². The molecule has 0 N–H and O–H groups in total. The van der Waals surface area contributed by atoms with Gasteiger partial charge < -0.3 is 0 Å². The van der Waals surface area contributed by atoms with Crippen LogP contribution in [0.25, 0.3) is 28.1 Å². The lowest BCUT2D eigenvalue weighted by Gasteiger charge is -2.10. The molecule has 4 aromatic rings. The molecule has 0 bridgehead atoms. The molecular formula is C19H15ClN4O2S. The topological polar surface area (TPSA) is 77.7 Å². The van der Waals surface area contributed by atoms with Crippen LogP contribution in [0.4, 0.5) is 0 Å². The molecule has 0 fully saturated rings. The summed E-state index contributed by atoms with van der Waals surface area (Å²) in [5, 5.41) is 0.648. The van der Waals surface area contributed by atoms with Crippen molar-refractivity contribution < 1.29 is 8.42 Å². The second-order valence-electron chi connectivity index (χ2n) is 6.22. The van der Waals surface area contributed by atoms with Crippen LogP contribution in [0.5, 0.6) is 0 Å². The lowest BCUT2D eigenvalue weighted by molar-refractivity contribution is 0.600. The van der Waals surface area contributed by atoms with E-state index in [0.29, 0.717) is 16.5 Å². The van der Waals surface area contributed by atoms with Crippen LogP contribution >= 0.6 is 11.6 Å². The number of benzene rings is 1. The van der Waals surface area contributed by atoms with Crippen molar-refractivity contribution >= 4 is 32.5 Å². The quantitative estimate of drug-likeness (QED) is 0.524. The second-order valence-corrected chi connectivity index (χ2v) is 8.80. The first-order valence-corrected chi connectivity index (χ1v) is 10.6. The number of nitrogens with zero attached hydrogens (tertiary/aromatic N) is 4. The molecule has 4 rings (SSSR count). The summed E-state index contributed by atoms with van der Waals surface area (Å²) in [6.07, 6.45) is 6.28. The number of fused-ring (bicyclic) bond motifs is 1. The Kier molecular flexibility index (Phi) is 4.41. The van der Waals surface area contributed by atoms with E-state index in [1.54, 1.807) is 24.7 Å². The lowest BCUT2D eigenvalue weighted by atomic mass is 10.2. The maximum Gasteiger partial charge on any atom is 0.153 e. The first-order chi connectivity index (χ1) is 12.9. The van der Waals surface area contributed by atoms with Gasteiger partial charge in [0.15, 0.2) is 9.84 Å². The number of halogens is 1. The van der Waals surface area contributed by atoms with Gasteiger partial charge in [0, 0.05) is 34.9 Å². The van der Waals surface area contributed by atoms with E-state index < -0.39 is 9.84 Å². The number of aromatic nitrogens is 4. The van der Waals surface area contributed by atoms with Crippen molar-refractivity contribution in [2.24, 2.45) is 0 Å². The minimum Gasteiger partial charge on any atom is -0.291 e. The Morgan fingerprint density at radius 2 is 1.81 bits per heavy atom. The number of imidazole rings is 1. The average molecular weight is 399 g/mol. The van der Waals surface area contributed by atoms with Gasteiger partial charge in [-0.15, -0.1) is 0 Å². The average Bonchev–Trinajstić information content (AvgIpc) is 3.01. The van der Waals surface area contributed by atoms with Crippen LogP contribution in [0, 0.1) is 0 Å². The molecule has 0 aliphatic rings. The number of rotatable bonds is 4. The zero-order valence-corrected chi connectivity index (χ0v) is 15.9. The molecule has 0 saturated heterocycles. The van der Waals surface area contributed by atoms with Crippen LogP contribution in [0.15, 0.2) is 61.1 Å². The normalized spacial score (nSPS) is 11.8. The van der Waals surface area contributed by atoms with Gasteiger partial charge in [-0.3, -0.25) is 14.5 Å². The van der Waals surface area contributed by atoms with Crippen LogP contribution in [-0.2, 0) is 15.6 Å². The van der Waals surface area contributed by atoms with Crippen molar-refractivity contribution in [1.29, 1.82) is 0 Å². The third-order valence-electron chi connectivity index (χ3n) is 4.03. The van der Waals surface area contributed by atoms with Crippen LogP contribution in [-0.4, -0.2) is 34.2 Å². The Balaban J connectivity index is 1.86. The summed E-state index contributed by atoms with van der Waals surface area (Å²) in [5.74, 6) is 0.601. The minimum atomic E-state index is -3.13. The molecule has 0 unspecified atom stereocenters. The van der Waals surface area contributed by atoms with Gasteiger partial charge in [-0.05, 0) is 42.5 Å². The summed E-state index contributed by atoms with van der Waals surface area (Å²) in [6.45, 7) is 0. The molecule has 0 amide bonds. The van der Waals surface area contributed by atoms with Crippen molar-refractivity contribution in [3.63, 3.8) is 0 Å². The Morgan fingerprint density at radius 1 is 1.04 bits per heavy atom. The molecule has 6 nitrogen and oxygen atoms in total. The molecule has 27 heavy (non-hydrogen) atoms. The van der Waals surface area contributed by atoms with E-state index in [9.17, 15) is 8.42 Å². The molecule has 0 aliphatic carbocycles. The smallest absolute Gasteiger partial charge is 0.153 e. The predicted molar refractivity (Wildman–Crippen MR) is 106 cm³/mol. The summed E-state index contributed by atoms with van der Waals surface area (Å²) >= 11 is 6.02. The lowest BCUT2D eigenvalue weighted by Crippen LogP contribution is -2.03. The largest absolute Gasteiger partial charge is 0.291 e. The molecule has 136 valence electrons. The molecule has 0 aliphatic heterocycles. The molecule has 0 radical (unpaired) electrons. The highest BCUT2D eigenvalue weighted by Crippen LogP contribution is 2.28. The Hall–Kier alpha value is -2.77. The Labute approximate surface area is 161 Å². The van der Waals surface area contributed by atoms with Crippen LogP contribution in [0.1, 0.15) is 5.69 Å². The van der Waals surface area contributed by atoms with Crippen molar-refractivity contribution in [3.05, 3.63) is 71.8 Å². The summed E-state index contributed by atoms with van der Waals surface area (Å²) in [4.78, 5) is 13.2. The van der Waals surface area contributed by atoms with Gasteiger partial charge in [-0.1, -0.05) is 11.6 Å². The van der Waals surface area contributed by atoms with Crippen molar-refractivity contribution in [3.8, 4) is 17.1 Å². The van der Waals surface area contributed by atoms with Crippen molar-refractivity contribution in [1.82, 2.24) is 19.5 Å². The van der Waals surface area contributed by atoms with E-state index in [0.717, 1.165) is 22.3 Å². The number of pyridine rings is 2. The van der Waals surface area contributed by atoms with Gasteiger partial charge in [-0.2, -0.15) is 0 Å².